The van der Waals surface area contributed by atoms with E-state index in [4.69, 9.17) is 15.2 Å². The molecule has 1 saturated heterocycles. The second-order valence-corrected chi connectivity index (χ2v) is 5.76. The normalized spacial score (nSPS) is 20.5. The van der Waals surface area contributed by atoms with E-state index in [1.165, 1.54) is 11.1 Å². The molecule has 5 nitrogen and oxygen atoms in total. The minimum absolute atomic E-state index is 0.413. The largest absolute Gasteiger partial charge is 0.493 e. The number of hydrogen-bond acceptors (Lipinski definition) is 5. The van der Waals surface area contributed by atoms with Crippen molar-refractivity contribution in [3.8, 4) is 11.5 Å². The van der Waals surface area contributed by atoms with Crippen molar-refractivity contribution in [3.05, 3.63) is 23.3 Å². The Morgan fingerprint density at radius 3 is 2.48 bits per heavy atom. The Hall–Kier alpha value is -1.30. The summed E-state index contributed by atoms with van der Waals surface area (Å²) < 4.78 is 10.8. The predicted octanol–water partition coefficient (Wildman–Crippen LogP) is 1.09. The first-order chi connectivity index (χ1) is 10.1. The second-order valence-electron chi connectivity index (χ2n) is 5.76. The average Bonchev–Trinajstić information content (AvgIpc) is 2.50. The van der Waals surface area contributed by atoms with E-state index in [0.29, 0.717) is 12.6 Å². The van der Waals surface area contributed by atoms with Crippen LogP contribution in [-0.4, -0.2) is 63.3 Å². The summed E-state index contributed by atoms with van der Waals surface area (Å²) in [6.45, 7) is 6.88. The lowest BCUT2D eigenvalue weighted by molar-refractivity contribution is 0.0878. The lowest BCUT2D eigenvalue weighted by Crippen LogP contribution is -2.54. The first-order valence-electron chi connectivity index (χ1n) is 7.43. The fraction of sp³-hybridized carbons (Fsp3) is 0.625. The van der Waals surface area contributed by atoms with Gasteiger partial charge in [0.25, 0.3) is 0 Å². The van der Waals surface area contributed by atoms with Gasteiger partial charge < -0.3 is 20.1 Å². The van der Waals surface area contributed by atoms with Crippen LogP contribution in [0, 0.1) is 6.92 Å². The summed E-state index contributed by atoms with van der Waals surface area (Å²) in [6, 6.07) is 4.54. The Balaban J connectivity index is 2.18. The van der Waals surface area contributed by atoms with Crippen molar-refractivity contribution in [1.82, 2.24) is 9.80 Å². The molecule has 1 aromatic rings. The Kier molecular flexibility index (Phi) is 5.45. The molecule has 21 heavy (non-hydrogen) atoms. The maximum Gasteiger partial charge on any atom is 0.161 e. The van der Waals surface area contributed by atoms with E-state index in [2.05, 4.69) is 29.8 Å². The zero-order chi connectivity index (χ0) is 15.4. The average molecular weight is 293 g/mol. The van der Waals surface area contributed by atoms with Gasteiger partial charge in [0.2, 0.25) is 0 Å². The van der Waals surface area contributed by atoms with Crippen LogP contribution in [0.25, 0.3) is 0 Å². The molecular formula is C16H27N3O2. The molecule has 1 aliphatic heterocycles. The van der Waals surface area contributed by atoms with Gasteiger partial charge >= 0.3 is 0 Å². The van der Waals surface area contributed by atoms with Crippen LogP contribution in [0.3, 0.4) is 0 Å². The van der Waals surface area contributed by atoms with Gasteiger partial charge in [-0.25, -0.2) is 0 Å². The lowest BCUT2D eigenvalue weighted by atomic mass is 10.0. The number of piperazine rings is 1. The number of nitrogens with two attached hydrogens (primary N) is 1. The van der Waals surface area contributed by atoms with Crippen LogP contribution < -0.4 is 15.2 Å². The molecule has 1 atom stereocenters. The molecule has 5 heteroatoms. The van der Waals surface area contributed by atoms with Gasteiger partial charge in [0.15, 0.2) is 11.5 Å². The molecule has 1 aromatic carbocycles. The molecule has 0 spiro atoms. The molecule has 1 fully saturated rings. The highest BCUT2D eigenvalue weighted by Gasteiger charge is 2.24. The van der Waals surface area contributed by atoms with Gasteiger partial charge in [-0.05, 0) is 37.2 Å². The van der Waals surface area contributed by atoms with Crippen molar-refractivity contribution in [3.63, 3.8) is 0 Å². The number of aryl methyl sites for hydroxylation is 1. The van der Waals surface area contributed by atoms with Crippen molar-refractivity contribution < 1.29 is 9.47 Å². The molecule has 2 N–H and O–H groups in total. The van der Waals surface area contributed by atoms with E-state index in [1.807, 2.05) is 6.07 Å². The maximum absolute atomic E-state index is 5.94. The fourth-order valence-corrected chi connectivity index (χ4v) is 2.89. The molecule has 1 aliphatic rings. The molecule has 0 amide bonds. The number of nitrogens with zero attached hydrogens (tertiary/aromatic N) is 2. The van der Waals surface area contributed by atoms with E-state index in [0.717, 1.165) is 37.7 Å². The van der Waals surface area contributed by atoms with Crippen molar-refractivity contribution in [1.29, 1.82) is 0 Å². The standard InChI is InChI=1S/C16H27N3O2/c1-12-7-15(20-3)16(21-4)8-13(12)10-19-6-5-18(2)11-14(19)9-17/h7-8,14H,5-6,9-11,17H2,1-4H3. The van der Waals surface area contributed by atoms with Gasteiger partial charge in [-0.15, -0.1) is 0 Å². The Labute approximate surface area is 127 Å². The van der Waals surface area contributed by atoms with Crippen LogP contribution in [0.5, 0.6) is 11.5 Å². The van der Waals surface area contributed by atoms with Crippen molar-refractivity contribution >= 4 is 0 Å². The predicted molar refractivity (Wildman–Crippen MR) is 85.0 cm³/mol. The Bertz CT molecular complexity index is 479. The molecule has 0 saturated carbocycles. The van der Waals surface area contributed by atoms with Crippen molar-refractivity contribution in [2.45, 2.75) is 19.5 Å². The summed E-state index contributed by atoms with van der Waals surface area (Å²) in [6.07, 6.45) is 0. The summed E-state index contributed by atoms with van der Waals surface area (Å²) in [5.41, 5.74) is 8.43. The van der Waals surface area contributed by atoms with Crippen LogP contribution in [0.1, 0.15) is 11.1 Å². The monoisotopic (exact) mass is 293 g/mol. The highest BCUT2D eigenvalue weighted by Crippen LogP contribution is 2.31. The molecule has 0 bridgehead atoms. The van der Waals surface area contributed by atoms with Crippen molar-refractivity contribution in [2.75, 3.05) is 47.4 Å². The second kappa shape index (κ2) is 7.11. The van der Waals surface area contributed by atoms with Gasteiger partial charge in [0, 0.05) is 38.8 Å². The molecule has 1 heterocycles. The first-order valence-corrected chi connectivity index (χ1v) is 7.43. The lowest BCUT2D eigenvalue weighted by Gasteiger charge is -2.39. The summed E-state index contributed by atoms with van der Waals surface area (Å²) in [5.74, 6) is 1.57. The smallest absolute Gasteiger partial charge is 0.161 e. The van der Waals surface area contributed by atoms with E-state index < -0.39 is 0 Å². The minimum atomic E-state index is 0.413. The van der Waals surface area contributed by atoms with E-state index >= 15 is 0 Å². The molecule has 118 valence electrons. The fourth-order valence-electron chi connectivity index (χ4n) is 2.89. The zero-order valence-corrected chi connectivity index (χ0v) is 13.6. The molecule has 0 radical (unpaired) electrons. The quantitative estimate of drug-likeness (QED) is 0.880. The van der Waals surface area contributed by atoms with Gasteiger partial charge in [-0.1, -0.05) is 0 Å². The van der Waals surface area contributed by atoms with E-state index in [9.17, 15) is 0 Å². The molecule has 0 aliphatic carbocycles. The number of rotatable bonds is 5. The van der Waals surface area contributed by atoms with Crippen LogP contribution >= 0.6 is 0 Å². The van der Waals surface area contributed by atoms with Crippen LogP contribution in [0.2, 0.25) is 0 Å². The zero-order valence-electron chi connectivity index (χ0n) is 13.6. The van der Waals surface area contributed by atoms with Crippen molar-refractivity contribution in [2.24, 2.45) is 5.73 Å². The van der Waals surface area contributed by atoms with Gasteiger partial charge in [0.1, 0.15) is 0 Å². The summed E-state index contributed by atoms with van der Waals surface area (Å²) in [7, 11) is 5.50. The number of ether oxygens (including phenoxy) is 2. The number of hydrogen-bond donors (Lipinski definition) is 1. The third-order valence-electron chi connectivity index (χ3n) is 4.30. The highest BCUT2D eigenvalue weighted by molar-refractivity contribution is 5.47. The summed E-state index contributed by atoms with van der Waals surface area (Å²) >= 11 is 0. The first kappa shape index (κ1) is 16.1. The maximum atomic E-state index is 5.94. The highest BCUT2D eigenvalue weighted by atomic mass is 16.5. The Morgan fingerprint density at radius 2 is 1.86 bits per heavy atom. The third-order valence-corrected chi connectivity index (χ3v) is 4.30. The molecule has 2 rings (SSSR count). The molecule has 0 aromatic heterocycles. The summed E-state index contributed by atoms with van der Waals surface area (Å²) in [5, 5.41) is 0. The van der Waals surface area contributed by atoms with Crippen LogP contribution in [0.15, 0.2) is 12.1 Å². The van der Waals surface area contributed by atoms with Crippen LogP contribution in [0.4, 0.5) is 0 Å². The topological polar surface area (TPSA) is 51.0 Å². The third kappa shape index (κ3) is 3.67. The SMILES string of the molecule is COc1cc(C)c(CN2CCN(C)CC2CN)cc1OC. The van der Waals surface area contributed by atoms with Gasteiger partial charge in [-0.2, -0.15) is 0 Å². The molecular weight excluding hydrogens is 266 g/mol. The Morgan fingerprint density at radius 1 is 1.19 bits per heavy atom. The number of methoxy groups -OCH3 is 2. The van der Waals surface area contributed by atoms with E-state index in [1.54, 1.807) is 14.2 Å². The van der Waals surface area contributed by atoms with Gasteiger partial charge in [0.05, 0.1) is 14.2 Å². The number of likely N-dealkylation sites (N-methyl/N-ethyl adjacent to an activating group) is 1. The number of benzene rings is 1. The molecule has 1 unspecified atom stereocenters. The van der Waals surface area contributed by atoms with E-state index in [-0.39, 0.29) is 0 Å². The van der Waals surface area contributed by atoms with Crippen LogP contribution in [-0.2, 0) is 6.54 Å². The minimum Gasteiger partial charge on any atom is -0.493 e. The van der Waals surface area contributed by atoms with Gasteiger partial charge in [-0.3, -0.25) is 4.90 Å². The summed E-state index contributed by atoms with van der Waals surface area (Å²) in [4.78, 5) is 4.81.